The summed E-state index contributed by atoms with van der Waals surface area (Å²) in [5, 5.41) is 3.43. The van der Waals surface area contributed by atoms with E-state index in [4.69, 9.17) is 5.73 Å². The molecule has 1 fully saturated rings. The third-order valence-corrected chi connectivity index (χ3v) is 5.21. The molecule has 2 aromatic carbocycles. The lowest BCUT2D eigenvalue weighted by Gasteiger charge is -2.38. The fourth-order valence-electron chi connectivity index (χ4n) is 3.58. The van der Waals surface area contributed by atoms with Crippen molar-refractivity contribution in [3.05, 3.63) is 59.4 Å². The first-order chi connectivity index (χ1) is 13.5. The lowest BCUT2D eigenvalue weighted by atomic mass is 10.1. The van der Waals surface area contributed by atoms with Crippen molar-refractivity contribution in [1.82, 2.24) is 4.90 Å². The first-order valence-electron chi connectivity index (χ1n) is 9.57. The van der Waals surface area contributed by atoms with Crippen LogP contribution in [0.1, 0.15) is 24.0 Å². The van der Waals surface area contributed by atoms with Gasteiger partial charge < -0.3 is 16.0 Å². The molecule has 4 rings (SSSR count). The van der Waals surface area contributed by atoms with Crippen molar-refractivity contribution in [2.45, 2.75) is 33.0 Å². The van der Waals surface area contributed by atoms with Crippen LogP contribution in [0.15, 0.2) is 52.4 Å². The number of aliphatic imine (C=N–C) groups is 2. The second kappa shape index (κ2) is 7.50. The summed E-state index contributed by atoms with van der Waals surface area (Å²) in [5.74, 6) is 0.624. The third-order valence-electron chi connectivity index (χ3n) is 5.21. The molecule has 2 aliphatic heterocycles. The number of likely N-dealkylation sites (tertiary alicyclic amines) is 1. The van der Waals surface area contributed by atoms with Crippen molar-refractivity contribution in [3.8, 4) is 0 Å². The minimum absolute atomic E-state index is 0.218. The van der Waals surface area contributed by atoms with Gasteiger partial charge in [-0.05, 0) is 68.1 Å². The highest BCUT2D eigenvalue weighted by Gasteiger charge is 2.32. The number of nitrogens with zero attached hydrogens (tertiary/aromatic N) is 4. The smallest absolute Gasteiger partial charge is 0.222 e. The van der Waals surface area contributed by atoms with Gasteiger partial charge in [0.1, 0.15) is 5.82 Å². The van der Waals surface area contributed by atoms with E-state index >= 15 is 0 Å². The Balaban J connectivity index is 1.73. The summed E-state index contributed by atoms with van der Waals surface area (Å²) in [7, 11) is 0. The van der Waals surface area contributed by atoms with Crippen molar-refractivity contribution in [3.63, 3.8) is 0 Å². The van der Waals surface area contributed by atoms with Crippen molar-refractivity contribution >= 4 is 23.3 Å². The fraction of sp³-hybridized carbons (Fsp3) is 0.333. The van der Waals surface area contributed by atoms with Crippen molar-refractivity contribution in [2.75, 3.05) is 23.3 Å². The summed E-state index contributed by atoms with van der Waals surface area (Å²) in [6.45, 7) is 5.94. The Labute approximate surface area is 164 Å². The molecule has 1 atom stereocenters. The quantitative estimate of drug-likeness (QED) is 0.856. The van der Waals surface area contributed by atoms with Crippen LogP contribution in [0.2, 0.25) is 0 Å². The fourth-order valence-corrected chi connectivity index (χ4v) is 3.58. The molecule has 2 heterocycles. The minimum atomic E-state index is -0.517. The van der Waals surface area contributed by atoms with E-state index < -0.39 is 6.29 Å². The number of hydrogen-bond donors (Lipinski definition) is 2. The van der Waals surface area contributed by atoms with E-state index in [2.05, 4.69) is 46.2 Å². The number of halogens is 1. The normalized spacial score (nSPS) is 19.5. The van der Waals surface area contributed by atoms with Crippen molar-refractivity contribution in [1.29, 1.82) is 0 Å². The standard InChI is InChI=1S/C21H25FN6/c1-14-8-9-17(12-15(14)2)24-20-25-19(23)26-21(27-10-3-4-11-27)28(20)18-7-5-6-16(22)13-18/h5-9,12-13,20,24H,3-4,10-11H2,1-2H3,(H2,23,25). The summed E-state index contributed by atoms with van der Waals surface area (Å²) in [5.41, 5.74) is 10.1. The van der Waals surface area contributed by atoms with Gasteiger partial charge in [0.2, 0.25) is 18.2 Å². The summed E-state index contributed by atoms with van der Waals surface area (Å²) >= 11 is 0. The molecular formula is C21H25FN6. The van der Waals surface area contributed by atoms with Gasteiger partial charge in [-0.3, -0.25) is 4.90 Å². The maximum atomic E-state index is 14.0. The second-order valence-electron chi connectivity index (χ2n) is 7.26. The Bertz CT molecular complexity index is 932. The molecule has 0 aromatic heterocycles. The molecule has 0 spiro atoms. The van der Waals surface area contributed by atoms with Crippen LogP contribution in [-0.2, 0) is 0 Å². The lowest BCUT2D eigenvalue weighted by Crippen LogP contribution is -2.54. The molecule has 0 aliphatic carbocycles. The van der Waals surface area contributed by atoms with E-state index in [0.717, 1.165) is 31.6 Å². The Morgan fingerprint density at radius 3 is 2.57 bits per heavy atom. The predicted octanol–water partition coefficient (Wildman–Crippen LogP) is 3.42. The summed E-state index contributed by atoms with van der Waals surface area (Å²) in [6.07, 6.45) is 1.68. The van der Waals surface area contributed by atoms with Crippen molar-refractivity contribution < 1.29 is 4.39 Å². The highest BCUT2D eigenvalue weighted by molar-refractivity contribution is 6.06. The van der Waals surface area contributed by atoms with Gasteiger partial charge in [-0.1, -0.05) is 12.1 Å². The summed E-state index contributed by atoms with van der Waals surface area (Å²) in [4.78, 5) is 13.1. The number of aryl methyl sites for hydroxylation is 2. The first kappa shape index (κ1) is 18.3. The van der Waals surface area contributed by atoms with Gasteiger partial charge in [0.25, 0.3) is 0 Å². The van der Waals surface area contributed by atoms with Gasteiger partial charge in [-0.2, -0.15) is 4.99 Å². The van der Waals surface area contributed by atoms with Gasteiger partial charge in [-0.25, -0.2) is 9.38 Å². The number of hydrogen-bond acceptors (Lipinski definition) is 6. The minimum Gasteiger partial charge on any atom is -0.368 e. The predicted molar refractivity (Wildman–Crippen MR) is 112 cm³/mol. The van der Waals surface area contributed by atoms with Gasteiger partial charge in [0.05, 0.1) is 5.69 Å². The topological polar surface area (TPSA) is 69.2 Å². The number of nitrogens with two attached hydrogens (primary N) is 1. The Hall–Kier alpha value is -3.09. The molecule has 6 nitrogen and oxygen atoms in total. The molecule has 0 saturated carbocycles. The molecule has 1 saturated heterocycles. The lowest BCUT2D eigenvalue weighted by molar-refractivity contribution is 0.497. The number of anilines is 2. The van der Waals surface area contributed by atoms with Crippen LogP contribution in [-0.4, -0.2) is 36.2 Å². The molecule has 7 heteroatoms. The molecule has 1 unspecified atom stereocenters. The monoisotopic (exact) mass is 380 g/mol. The molecule has 2 aromatic rings. The van der Waals surface area contributed by atoms with Gasteiger partial charge >= 0.3 is 0 Å². The maximum Gasteiger partial charge on any atom is 0.222 e. The number of benzene rings is 2. The highest BCUT2D eigenvalue weighted by Crippen LogP contribution is 2.26. The molecule has 146 valence electrons. The maximum absolute atomic E-state index is 14.0. The zero-order chi connectivity index (χ0) is 19.7. The molecule has 2 aliphatic rings. The molecule has 0 radical (unpaired) electrons. The van der Waals surface area contributed by atoms with Crippen LogP contribution in [0.5, 0.6) is 0 Å². The first-order valence-corrected chi connectivity index (χ1v) is 9.57. The average molecular weight is 380 g/mol. The van der Waals surface area contributed by atoms with Gasteiger partial charge in [0, 0.05) is 18.8 Å². The third kappa shape index (κ3) is 3.65. The largest absolute Gasteiger partial charge is 0.368 e. The van der Waals surface area contributed by atoms with E-state index in [9.17, 15) is 4.39 Å². The molecule has 0 bridgehead atoms. The summed E-state index contributed by atoms with van der Waals surface area (Å²) in [6, 6.07) is 12.6. The van der Waals surface area contributed by atoms with Crippen LogP contribution in [0, 0.1) is 19.7 Å². The molecule has 28 heavy (non-hydrogen) atoms. The van der Waals surface area contributed by atoms with Gasteiger partial charge in [0.15, 0.2) is 0 Å². The van der Waals surface area contributed by atoms with Crippen LogP contribution in [0.25, 0.3) is 0 Å². The molecule has 3 N–H and O–H groups in total. The second-order valence-corrected chi connectivity index (χ2v) is 7.26. The van der Waals surface area contributed by atoms with Crippen LogP contribution < -0.4 is 16.0 Å². The summed E-state index contributed by atoms with van der Waals surface area (Å²) < 4.78 is 14.0. The van der Waals surface area contributed by atoms with E-state index in [-0.39, 0.29) is 11.8 Å². The number of guanidine groups is 2. The van der Waals surface area contributed by atoms with Crippen LogP contribution in [0.3, 0.4) is 0 Å². The van der Waals surface area contributed by atoms with E-state index in [1.807, 2.05) is 17.0 Å². The SMILES string of the molecule is Cc1ccc(NC2N=C(N)N=C(N3CCCC3)N2c2cccc(F)c2)cc1C. The van der Waals surface area contributed by atoms with Crippen LogP contribution >= 0.6 is 0 Å². The van der Waals surface area contributed by atoms with Crippen molar-refractivity contribution in [2.24, 2.45) is 15.7 Å². The zero-order valence-corrected chi connectivity index (χ0v) is 16.2. The molecular weight excluding hydrogens is 355 g/mol. The highest BCUT2D eigenvalue weighted by atomic mass is 19.1. The van der Waals surface area contributed by atoms with Gasteiger partial charge in [-0.15, -0.1) is 0 Å². The van der Waals surface area contributed by atoms with E-state index in [1.165, 1.54) is 23.3 Å². The zero-order valence-electron chi connectivity index (χ0n) is 16.2. The van der Waals surface area contributed by atoms with E-state index in [1.54, 1.807) is 6.07 Å². The number of nitrogens with one attached hydrogen (secondary N) is 1. The Morgan fingerprint density at radius 1 is 1.07 bits per heavy atom. The Morgan fingerprint density at radius 2 is 1.86 bits per heavy atom. The van der Waals surface area contributed by atoms with E-state index in [0.29, 0.717) is 11.6 Å². The average Bonchev–Trinajstić information content (AvgIpc) is 3.19. The molecule has 0 amide bonds. The van der Waals surface area contributed by atoms with Crippen LogP contribution in [0.4, 0.5) is 15.8 Å². The number of rotatable bonds is 3. The Kier molecular flexibility index (Phi) is 4.90.